The molecule has 0 fully saturated rings. The van der Waals surface area contributed by atoms with E-state index in [0.717, 1.165) is 0 Å². The van der Waals surface area contributed by atoms with Crippen LogP contribution in [0.4, 0.5) is 0 Å². The Morgan fingerprint density at radius 2 is 1.72 bits per heavy atom. The average Bonchev–Trinajstić information content (AvgIpc) is 2.12. The molecular weight excluding hydrogens is 238 g/mol. The van der Waals surface area contributed by atoms with Crippen molar-refractivity contribution < 1.29 is 23.9 Å². The van der Waals surface area contributed by atoms with Crippen LogP contribution in [0.2, 0.25) is 0 Å². The van der Waals surface area contributed by atoms with Crippen molar-refractivity contribution in [1.29, 1.82) is 0 Å². The average molecular weight is 259 g/mol. The lowest BCUT2D eigenvalue weighted by molar-refractivity contribution is -0.156. The Morgan fingerprint density at radius 1 is 1.17 bits per heavy atom. The fraction of sp³-hybridized carbons (Fsp3) is 0.750. The summed E-state index contributed by atoms with van der Waals surface area (Å²) < 4.78 is 9.47. The maximum Gasteiger partial charge on any atom is 0.315 e. The maximum atomic E-state index is 11.5. The molecule has 0 radical (unpaired) electrons. The molecule has 0 aromatic carbocycles. The molecule has 0 rings (SSSR count). The van der Waals surface area contributed by atoms with Crippen LogP contribution in [0, 0.1) is 0 Å². The van der Waals surface area contributed by atoms with Crippen LogP contribution >= 0.6 is 0 Å². The Bertz CT molecular complexity index is 319. The number of amides is 1. The van der Waals surface area contributed by atoms with Gasteiger partial charge in [-0.1, -0.05) is 0 Å². The molecular formula is C12H21NO5. The van der Waals surface area contributed by atoms with Crippen molar-refractivity contribution in [2.75, 3.05) is 7.11 Å². The van der Waals surface area contributed by atoms with Crippen LogP contribution in [0.5, 0.6) is 0 Å². The Hall–Kier alpha value is -1.59. The van der Waals surface area contributed by atoms with Crippen LogP contribution in [0.3, 0.4) is 0 Å². The number of methoxy groups -OCH3 is 1. The minimum Gasteiger partial charge on any atom is -0.469 e. The minimum absolute atomic E-state index is 0.0660. The van der Waals surface area contributed by atoms with Gasteiger partial charge in [0.05, 0.1) is 13.5 Å². The van der Waals surface area contributed by atoms with E-state index in [-0.39, 0.29) is 18.9 Å². The van der Waals surface area contributed by atoms with E-state index in [1.54, 1.807) is 27.7 Å². The molecule has 0 unspecified atom stereocenters. The summed E-state index contributed by atoms with van der Waals surface area (Å²) in [5.41, 5.74) is -0.616. The number of esters is 2. The van der Waals surface area contributed by atoms with Gasteiger partial charge in [0.1, 0.15) is 12.0 Å². The van der Waals surface area contributed by atoms with Gasteiger partial charge in [0.2, 0.25) is 5.91 Å². The predicted octanol–water partition coefficient (Wildman–Crippen LogP) is 0.786. The number of carbonyl (C=O) groups is 3. The van der Waals surface area contributed by atoms with Crippen molar-refractivity contribution in [3.63, 3.8) is 0 Å². The van der Waals surface area contributed by atoms with E-state index in [1.807, 2.05) is 0 Å². The first-order chi connectivity index (χ1) is 8.14. The first kappa shape index (κ1) is 16.4. The van der Waals surface area contributed by atoms with Crippen molar-refractivity contribution in [2.45, 2.75) is 52.2 Å². The summed E-state index contributed by atoms with van der Waals surface area (Å²) in [7, 11) is 1.28. The molecule has 1 atom stereocenters. The van der Waals surface area contributed by atoms with Crippen LogP contribution in [-0.4, -0.2) is 36.6 Å². The highest BCUT2D eigenvalue weighted by atomic mass is 16.6. The van der Waals surface area contributed by atoms with Gasteiger partial charge in [-0.3, -0.25) is 14.4 Å². The lowest BCUT2D eigenvalue weighted by Crippen LogP contribution is -2.36. The van der Waals surface area contributed by atoms with Gasteiger partial charge in [0.25, 0.3) is 0 Å². The van der Waals surface area contributed by atoms with E-state index in [9.17, 15) is 14.4 Å². The second kappa shape index (κ2) is 6.98. The lowest BCUT2D eigenvalue weighted by atomic mass is 10.2. The third-order valence-electron chi connectivity index (χ3n) is 1.83. The van der Waals surface area contributed by atoms with Gasteiger partial charge < -0.3 is 14.8 Å². The van der Waals surface area contributed by atoms with Crippen molar-refractivity contribution >= 4 is 17.8 Å². The zero-order chi connectivity index (χ0) is 14.3. The Kier molecular flexibility index (Phi) is 6.36. The SMILES string of the molecule is COC(=O)C[C@H](C)NC(=O)CC(=O)OC(C)(C)C. The number of nitrogens with one attached hydrogen (secondary N) is 1. The summed E-state index contributed by atoms with van der Waals surface area (Å²) in [6.45, 7) is 6.83. The second-order valence-corrected chi connectivity index (χ2v) is 5.01. The monoisotopic (exact) mass is 259 g/mol. The molecule has 0 aromatic heterocycles. The highest BCUT2D eigenvalue weighted by Crippen LogP contribution is 2.08. The van der Waals surface area contributed by atoms with E-state index in [0.29, 0.717) is 0 Å². The molecule has 0 saturated carbocycles. The van der Waals surface area contributed by atoms with Gasteiger partial charge in [-0.2, -0.15) is 0 Å². The van der Waals surface area contributed by atoms with Gasteiger partial charge in [-0.25, -0.2) is 0 Å². The molecule has 0 spiro atoms. The molecule has 1 amide bonds. The van der Waals surface area contributed by atoms with Crippen molar-refractivity contribution in [1.82, 2.24) is 5.32 Å². The molecule has 104 valence electrons. The molecule has 0 saturated heterocycles. The number of rotatable bonds is 5. The first-order valence-electron chi connectivity index (χ1n) is 5.72. The highest BCUT2D eigenvalue weighted by Gasteiger charge is 2.20. The van der Waals surface area contributed by atoms with Crippen molar-refractivity contribution in [2.24, 2.45) is 0 Å². The van der Waals surface area contributed by atoms with Crippen molar-refractivity contribution in [3.8, 4) is 0 Å². The topological polar surface area (TPSA) is 81.7 Å². The molecule has 6 nitrogen and oxygen atoms in total. The van der Waals surface area contributed by atoms with Crippen LogP contribution in [0.25, 0.3) is 0 Å². The lowest BCUT2D eigenvalue weighted by Gasteiger charge is -2.19. The first-order valence-corrected chi connectivity index (χ1v) is 5.72. The van der Waals surface area contributed by atoms with Gasteiger partial charge >= 0.3 is 11.9 Å². The summed E-state index contributed by atoms with van der Waals surface area (Å²) >= 11 is 0. The summed E-state index contributed by atoms with van der Waals surface area (Å²) in [5.74, 6) is -1.48. The van der Waals surface area contributed by atoms with Crippen molar-refractivity contribution in [3.05, 3.63) is 0 Å². The van der Waals surface area contributed by atoms with E-state index in [4.69, 9.17) is 4.74 Å². The van der Waals surface area contributed by atoms with Gasteiger partial charge in [0.15, 0.2) is 0 Å². The standard InChI is InChI=1S/C12H21NO5/c1-8(6-10(15)17-5)13-9(14)7-11(16)18-12(2,3)4/h8H,6-7H2,1-5H3,(H,13,14)/t8-/m0/s1. The summed E-state index contributed by atoms with van der Waals surface area (Å²) in [6, 6.07) is -0.382. The molecule has 0 bridgehead atoms. The zero-order valence-electron chi connectivity index (χ0n) is 11.5. The third-order valence-corrected chi connectivity index (χ3v) is 1.83. The number of carbonyl (C=O) groups excluding carboxylic acids is 3. The normalized spacial score (nSPS) is 12.5. The molecule has 0 aliphatic carbocycles. The van der Waals surface area contributed by atoms with Gasteiger partial charge in [-0.05, 0) is 27.7 Å². The van der Waals surface area contributed by atoms with Crippen LogP contribution in [-0.2, 0) is 23.9 Å². The zero-order valence-corrected chi connectivity index (χ0v) is 11.5. The van der Waals surface area contributed by atoms with Gasteiger partial charge in [0, 0.05) is 6.04 Å². The van der Waals surface area contributed by atoms with Crippen LogP contribution in [0.15, 0.2) is 0 Å². The molecule has 0 aliphatic rings. The summed E-state index contributed by atoms with van der Waals surface area (Å²) in [6.07, 6.45) is -0.292. The number of hydrogen-bond donors (Lipinski definition) is 1. The van der Waals surface area contributed by atoms with Crippen LogP contribution < -0.4 is 5.32 Å². The Morgan fingerprint density at radius 3 is 2.17 bits per heavy atom. The number of hydrogen-bond acceptors (Lipinski definition) is 5. The molecule has 0 aliphatic heterocycles. The van der Waals surface area contributed by atoms with E-state index >= 15 is 0 Å². The minimum atomic E-state index is -0.616. The smallest absolute Gasteiger partial charge is 0.315 e. The quantitative estimate of drug-likeness (QED) is 0.583. The van der Waals surface area contributed by atoms with Crippen LogP contribution in [0.1, 0.15) is 40.5 Å². The second-order valence-electron chi connectivity index (χ2n) is 5.01. The Labute approximate surface area is 107 Å². The fourth-order valence-electron chi connectivity index (χ4n) is 1.22. The molecule has 0 aromatic rings. The summed E-state index contributed by atoms with van der Waals surface area (Å²) in [4.78, 5) is 33.8. The molecule has 6 heteroatoms. The van der Waals surface area contributed by atoms with E-state index < -0.39 is 23.4 Å². The third kappa shape index (κ3) is 8.55. The highest BCUT2D eigenvalue weighted by molar-refractivity contribution is 5.94. The van der Waals surface area contributed by atoms with Gasteiger partial charge in [-0.15, -0.1) is 0 Å². The Balaban J connectivity index is 4.04. The molecule has 1 N–H and O–H groups in total. The molecule has 18 heavy (non-hydrogen) atoms. The maximum absolute atomic E-state index is 11.5. The number of ether oxygens (including phenoxy) is 2. The predicted molar refractivity (Wildman–Crippen MR) is 64.7 cm³/mol. The van der Waals surface area contributed by atoms with E-state index in [2.05, 4.69) is 10.1 Å². The summed E-state index contributed by atoms with van der Waals surface area (Å²) in [5, 5.41) is 2.52. The molecule has 0 heterocycles. The largest absolute Gasteiger partial charge is 0.469 e. The fourth-order valence-corrected chi connectivity index (χ4v) is 1.22. The van der Waals surface area contributed by atoms with E-state index in [1.165, 1.54) is 7.11 Å².